The van der Waals surface area contributed by atoms with Gasteiger partial charge in [0.2, 0.25) is 0 Å². The fraction of sp³-hybridized carbons (Fsp3) is 0.333. The highest BCUT2D eigenvalue weighted by Gasteiger charge is 2.15. The summed E-state index contributed by atoms with van der Waals surface area (Å²) in [6, 6.07) is 5.66. The van der Waals surface area contributed by atoms with Gasteiger partial charge in [-0.2, -0.15) is 5.10 Å². The van der Waals surface area contributed by atoms with Crippen LogP contribution in [0.3, 0.4) is 0 Å². The number of H-pyrrole nitrogens is 1. The number of nitrogens with zero attached hydrogens (tertiary/aromatic N) is 2. The first-order valence-corrected chi connectivity index (χ1v) is 5.49. The van der Waals surface area contributed by atoms with Gasteiger partial charge in [-0.05, 0) is 19.9 Å². The van der Waals surface area contributed by atoms with Crippen LogP contribution in [0.15, 0.2) is 24.4 Å². The maximum Gasteiger partial charge on any atom is 0.256 e. The molecule has 0 aliphatic rings. The van der Waals surface area contributed by atoms with Gasteiger partial charge in [-0.3, -0.25) is 9.89 Å². The van der Waals surface area contributed by atoms with Crippen molar-refractivity contribution in [2.24, 2.45) is 0 Å². The lowest BCUT2D eigenvalue weighted by Gasteiger charge is -2.18. The highest BCUT2D eigenvalue weighted by Crippen LogP contribution is 2.17. The van der Waals surface area contributed by atoms with E-state index in [-0.39, 0.29) is 5.91 Å². The molecule has 0 spiro atoms. The molecule has 4 heteroatoms. The maximum absolute atomic E-state index is 12.2. The predicted octanol–water partition coefficient (Wildman–Crippen LogP) is 2.04. The van der Waals surface area contributed by atoms with Crippen LogP contribution in [0.2, 0.25) is 0 Å². The topological polar surface area (TPSA) is 49.0 Å². The van der Waals surface area contributed by atoms with E-state index in [0.717, 1.165) is 24.0 Å². The van der Waals surface area contributed by atoms with Gasteiger partial charge >= 0.3 is 0 Å². The molecule has 0 saturated carbocycles. The van der Waals surface area contributed by atoms with Crippen LogP contribution in [0, 0.1) is 0 Å². The van der Waals surface area contributed by atoms with E-state index < -0.39 is 0 Å². The Balaban J connectivity index is 2.46. The molecule has 1 amide bonds. The molecule has 1 heterocycles. The Morgan fingerprint density at radius 1 is 1.38 bits per heavy atom. The van der Waals surface area contributed by atoms with Crippen LogP contribution < -0.4 is 0 Å². The van der Waals surface area contributed by atoms with Crippen molar-refractivity contribution in [3.05, 3.63) is 30.0 Å². The minimum Gasteiger partial charge on any atom is -0.339 e. The minimum absolute atomic E-state index is 0.0554. The second-order valence-electron chi connectivity index (χ2n) is 3.62. The maximum atomic E-state index is 12.2. The number of rotatable bonds is 3. The molecule has 0 fully saturated rings. The van der Waals surface area contributed by atoms with E-state index in [2.05, 4.69) is 10.2 Å². The fourth-order valence-electron chi connectivity index (χ4n) is 1.83. The zero-order valence-electron chi connectivity index (χ0n) is 9.53. The monoisotopic (exact) mass is 217 g/mol. The van der Waals surface area contributed by atoms with Gasteiger partial charge in [0, 0.05) is 18.5 Å². The van der Waals surface area contributed by atoms with E-state index in [1.54, 1.807) is 11.1 Å². The van der Waals surface area contributed by atoms with Crippen molar-refractivity contribution in [1.82, 2.24) is 15.1 Å². The molecule has 4 nitrogen and oxygen atoms in total. The second kappa shape index (κ2) is 4.35. The third-order valence-corrected chi connectivity index (χ3v) is 2.76. The van der Waals surface area contributed by atoms with E-state index in [1.165, 1.54) is 0 Å². The van der Waals surface area contributed by atoms with E-state index in [1.807, 2.05) is 32.0 Å². The molecule has 2 rings (SSSR count). The lowest BCUT2D eigenvalue weighted by Crippen LogP contribution is -2.30. The number of aromatic amines is 1. The SMILES string of the molecule is CCN(CC)C(=O)c1cccc2cn[nH]c12. The van der Waals surface area contributed by atoms with Gasteiger partial charge in [-0.1, -0.05) is 12.1 Å². The summed E-state index contributed by atoms with van der Waals surface area (Å²) < 4.78 is 0. The number of nitrogens with one attached hydrogen (secondary N) is 1. The van der Waals surface area contributed by atoms with Crippen molar-refractivity contribution in [3.63, 3.8) is 0 Å². The van der Waals surface area contributed by atoms with Crippen molar-refractivity contribution in [1.29, 1.82) is 0 Å². The molecule has 84 valence electrons. The number of para-hydroxylation sites is 1. The van der Waals surface area contributed by atoms with Gasteiger partial charge in [-0.25, -0.2) is 0 Å². The Morgan fingerprint density at radius 2 is 2.12 bits per heavy atom. The molecule has 2 aromatic rings. The molecule has 1 N–H and O–H groups in total. The van der Waals surface area contributed by atoms with Crippen LogP contribution in [0.5, 0.6) is 0 Å². The fourth-order valence-corrected chi connectivity index (χ4v) is 1.83. The quantitative estimate of drug-likeness (QED) is 0.855. The Hall–Kier alpha value is -1.84. The molecule has 0 aliphatic heterocycles. The minimum atomic E-state index is 0.0554. The Labute approximate surface area is 94.3 Å². The molecule has 16 heavy (non-hydrogen) atoms. The lowest BCUT2D eigenvalue weighted by atomic mass is 10.1. The van der Waals surface area contributed by atoms with E-state index in [0.29, 0.717) is 5.56 Å². The van der Waals surface area contributed by atoms with Crippen molar-refractivity contribution < 1.29 is 4.79 Å². The first kappa shape index (κ1) is 10.7. The van der Waals surface area contributed by atoms with E-state index in [9.17, 15) is 4.79 Å². The summed E-state index contributed by atoms with van der Waals surface area (Å²) in [6.07, 6.45) is 1.73. The Kier molecular flexibility index (Phi) is 2.90. The van der Waals surface area contributed by atoms with Gasteiger partial charge in [0.05, 0.1) is 17.3 Å². The first-order chi connectivity index (χ1) is 7.77. The van der Waals surface area contributed by atoms with Gasteiger partial charge < -0.3 is 4.90 Å². The molecule has 1 aromatic carbocycles. The summed E-state index contributed by atoms with van der Waals surface area (Å²) in [7, 11) is 0. The molecular formula is C12H15N3O. The number of fused-ring (bicyclic) bond motifs is 1. The number of aromatic nitrogens is 2. The average Bonchev–Trinajstić information content (AvgIpc) is 2.78. The number of hydrogen-bond donors (Lipinski definition) is 1. The number of benzene rings is 1. The molecule has 0 aliphatic carbocycles. The van der Waals surface area contributed by atoms with Gasteiger partial charge in [0.25, 0.3) is 5.91 Å². The molecule has 0 saturated heterocycles. The largest absolute Gasteiger partial charge is 0.339 e. The highest BCUT2D eigenvalue weighted by atomic mass is 16.2. The molecule has 1 aromatic heterocycles. The Morgan fingerprint density at radius 3 is 2.81 bits per heavy atom. The number of carbonyl (C=O) groups excluding carboxylic acids is 1. The van der Waals surface area contributed by atoms with E-state index >= 15 is 0 Å². The van der Waals surface area contributed by atoms with Crippen molar-refractivity contribution >= 4 is 16.8 Å². The molecule has 0 bridgehead atoms. The third kappa shape index (κ3) is 1.66. The van der Waals surface area contributed by atoms with Crippen LogP contribution in [0.1, 0.15) is 24.2 Å². The summed E-state index contributed by atoms with van der Waals surface area (Å²) in [6.45, 7) is 5.41. The van der Waals surface area contributed by atoms with Gasteiger partial charge in [0.15, 0.2) is 0 Å². The van der Waals surface area contributed by atoms with Crippen molar-refractivity contribution in [3.8, 4) is 0 Å². The summed E-state index contributed by atoms with van der Waals surface area (Å²) in [5.74, 6) is 0.0554. The predicted molar refractivity (Wildman–Crippen MR) is 63.3 cm³/mol. The Bertz CT molecular complexity index is 500. The highest BCUT2D eigenvalue weighted by molar-refractivity contribution is 6.05. The molecular weight excluding hydrogens is 202 g/mol. The molecule has 0 radical (unpaired) electrons. The molecule has 0 atom stereocenters. The van der Waals surface area contributed by atoms with Crippen LogP contribution >= 0.6 is 0 Å². The van der Waals surface area contributed by atoms with Crippen LogP contribution in [-0.4, -0.2) is 34.1 Å². The second-order valence-corrected chi connectivity index (χ2v) is 3.62. The first-order valence-electron chi connectivity index (χ1n) is 5.49. The summed E-state index contributed by atoms with van der Waals surface area (Å²) in [4.78, 5) is 14.0. The zero-order valence-corrected chi connectivity index (χ0v) is 9.53. The van der Waals surface area contributed by atoms with E-state index in [4.69, 9.17) is 0 Å². The number of hydrogen-bond acceptors (Lipinski definition) is 2. The lowest BCUT2D eigenvalue weighted by molar-refractivity contribution is 0.0775. The number of amides is 1. The summed E-state index contributed by atoms with van der Waals surface area (Å²) in [5.41, 5.74) is 1.51. The number of carbonyl (C=O) groups is 1. The smallest absolute Gasteiger partial charge is 0.256 e. The van der Waals surface area contributed by atoms with Gasteiger partial charge in [0.1, 0.15) is 0 Å². The third-order valence-electron chi connectivity index (χ3n) is 2.76. The zero-order chi connectivity index (χ0) is 11.5. The van der Waals surface area contributed by atoms with Crippen LogP contribution in [0.4, 0.5) is 0 Å². The molecule has 0 unspecified atom stereocenters. The van der Waals surface area contributed by atoms with Crippen molar-refractivity contribution in [2.75, 3.05) is 13.1 Å². The average molecular weight is 217 g/mol. The van der Waals surface area contributed by atoms with Crippen molar-refractivity contribution in [2.45, 2.75) is 13.8 Å². The van der Waals surface area contributed by atoms with Crippen LogP contribution in [0.25, 0.3) is 10.9 Å². The summed E-state index contributed by atoms with van der Waals surface area (Å²) >= 11 is 0. The van der Waals surface area contributed by atoms with Gasteiger partial charge in [-0.15, -0.1) is 0 Å². The summed E-state index contributed by atoms with van der Waals surface area (Å²) in [5, 5.41) is 7.80. The standard InChI is InChI=1S/C12H15N3O/c1-3-15(4-2)12(16)10-7-5-6-9-8-13-14-11(9)10/h5-8H,3-4H2,1-2H3,(H,13,14). The normalized spacial score (nSPS) is 10.6. The van der Waals surface area contributed by atoms with Crippen LogP contribution in [-0.2, 0) is 0 Å².